The molecule has 2 N–H and O–H groups in total. The van der Waals surface area contributed by atoms with Crippen molar-refractivity contribution in [3.63, 3.8) is 0 Å². The van der Waals surface area contributed by atoms with Crippen LogP contribution in [0.4, 0.5) is 5.13 Å². The van der Waals surface area contributed by atoms with Crippen molar-refractivity contribution in [2.24, 2.45) is 0 Å². The summed E-state index contributed by atoms with van der Waals surface area (Å²) in [5.74, 6) is 0.171. The number of rotatable bonds is 7. The molecule has 3 rings (SSSR count). The van der Waals surface area contributed by atoms with E-state index in [9.17, 15) is 9.59 Å². The maximum atomic E-state index is 12.0. The zero-order chi connectivity index (χ0) is 17.5. The Labute approximate surface area is 151 Å². The van der Waals surface area contributed by atoms with Crippen LogP contribution in [0.25, 0.3) is 0 Å². The second-order valence-corrected chi connectivity index (χ2v) is 7.78. The molecular weight excluding hydrogens is 340 g/mol. The molecular formula is C17H26N4O3S. The Balaban J connectivity index is 1.35. The third-order valence-corrected chi connectivity index (χ3v) is 5.77. The lowest BCUT2D eigenvalue weighted by molar-refractivity contribution is -0.124. The molecule has 1 saturated heterocycles. The molecule has 7 nitrogen and oxygen atoms in total. The number of hydrogen-bond donors (Lipinski definition) is 2. The standard InChI is InChI=1S/C17H26N4O3S/c22-14(18-11-13-7-4-10-24-13)8-9-15(23)19-17-21-20-16(25-17)12-5-2-1-3-6-12/h12-13H,1-11H2,(H,18,22)(H,19,21,23)/t13-/m0/s1. The summed E-state index contributed by atoms with van der Waals surface area (Å²) >= 11 is 1.46. The van der Waals surface area contributed by atoms with E-state index in [4.69, 9.17) is 4.74 Å². The van der Waals surface area contributed by atoms with Gasteiger partial charge in [-0.1, -0.05) is 30.6 Å². The second kappa shape index (κ2) is 9.24. The molecule has 1 saturated carbocycles. The molecule has 2 amide bonds. The van der Waals surface area contributed by atoms with Crippen molar-refractivity contribution in [1.29, 1.82) is 0 Å². The van der Waals surface area contributed by atoms with Crippen LogP contribution in [-0.4, -0.2) is 41.3 Å². The predicted octanol–water partition coefficient (Wildman–Crippen LogP) is 2.60. The fraction of sp³-hybridized carbons (Fsp3) is 0.765. The first-order valence-corrected chi connectivity index (χ1v) is 10.0. The Morgan fingerprint density at radius 2 is 1.84 bits per heavy atom. The predicted molar refractivity (Wildman–Crippen MR) is 95.6 cm³/mol. The number of carbonyl (C=O) groups excluding carboxylic acids is 2. The first-order valence-electron chi connectivity index (χ1n) is 9.22. The van der Waals surface area contributed by atoms with Gasteiger partial charge in [0.25, 0.3) is 0 Å². The lowest BCUT2D eigenvalue weighted by Crippen LogP contribution is -2.32. The summed E-state index contributed by atoms with van der Waals surface area (Å²) in [4.78, 5) is 23.8. The van der Waals surface area contributed by atoms with Crippen molar-refractivity contribution in [2.45, 2.75) is 69.8 Å². The Bertz CT molecular complexity index is 580. The summed E-state index contributed by atoms with van der Waals surface area (Å²) < 4.78 is 5.45. The van der Waals surface area contributed by atoms with Crippen molar-refractivity contribution in [2.75, 3.05) is 18.5 Å². The topological polar surface area (TPSA) is 93.2 Å². The number of aromatic nitrogens is 2. The quantitative estimate of drug-likeness (QED) is 0.774. The van der Waals surface area contributed by atoms with Gasteiger partial charge in [-0.3, -0.25) is 9.59 Å². The van der Waals surface area contributed by atoms with Crippen LogP contribution in [0.3, 0.4) is 0 Å². The molecule has 1 atom stereocenters. The molecule has 25 heavy (non-hydrogen) atoms. The maximum absolute atomic E-state index is 12.0. The van der Waals surface area contributed by atoms with Crippen LogP contribution >= 0.6 is 11.3 Å². The van der Waals surface area contributed by atoms with E-state index in [1.807, 2.05) is 0 Å². The summed E-state index contributed by atoms with van der Waals surface area (Å²) in [6.07, 6.45) is 8.59. The fourth-order valence-corrected chi connectivity index (χ4v) is 4.26. The van der Waals surface area contributed by atoms with Gasteiger partial charge in [-0.2, -0.15) is 0 Å². The van der Waals surface area contributed by atoms with Crippen LogP contribution in [0.15, 0.2) is 0 Å². The van der Waals surface area contributed by atoms with Crippen molar-refractivity contribution in [3.8, 4) is 0 Å². The number of ether oxygens (including phenoxy) is 1. The van der Waals surface area contributed by atoms with Gasteiger partial charge in [0.15, 0.2) is 0 Å². The summed E-state index contributed by atoms with van der Waals surface area (Å²) in [5, 5.41) is 15.4. The monoisotopic (exact) mass is 366 g/mol. The minimum absolute atomic E-state index is 0.120. The Morgan fingerprint density at radius 3 is 2.60 bits per heavy atom. The van der Waals surface area contributed by atoms with Gasteiger partial charge < -0.3 is 15.4 Å². The van der Waals surface area contributed by atoms with Gasteiger partial charge in [0, 0.05) is 31.9 Å². The number of nitrogens with zero attached hydrogens (tertiary/aromatic N) is 2. The van der Waals surface area contributed by atoms with E-state index < -0.39 is 0 Å². The van der Waals surface area contributed by atoms with Gasteiger partial charge in [-0.05, 0) is 25.7 Å². The van der Waals surface area contributed by atoms with Crippen LogP contribution in [-0.2, 0) is 14.3 Å². The van der Waals surface area contributed by atoms with E-state index in [0.29, 0.717) is 17.6 Å². The molecule has 8 heteroatoms. The highest BCUT2D eigenvalue weighted by Gasteiger charge is 2.20. The molecule has 1 aliphatic carbocycles. The van der Waals surface area contributed by atoms with Gasteiger partial charge in [0.2, 0.25) is 16.9 Å². The van der Waals surface area contributed by atoms with Crippen molar-refractivity contribution in [3.05, 3.63) is 5.01 Å². The molecule has 0 spiro atoms. The molecule has 138 valence electrons. The summed E-state index contributed by atoms with van der Waals surface area (Å²) in [7, 11) is 0. The Hall–Kier alpha value is -1.54. The minimum atomic E-state index is -0.196. The van der Waals surface area contributed by atoms with E-state index in [0.717, 1.165) is 37.3 Å². The molecule has 0 bridgehead atoms. The highest BCUT2D eigenvalue weighted by Crippen LogP contribution is 2.35. The second-order valence-electron chi connectivity index (χ2n) is 6.77. The molecule has 0 unspecified atom stereocenters. The van der Waals surface area contributed by atoms with E-state index >= 15 is 0 Å². The third-order valence-electron chi connectivity index (χ3n) is 4.77. The van der Waals surface area contributed by atoms with E-state index in [1.54, 1.807) is 0 Å². The van der Waals surface area contributed by atoms with Crippen molar-refractivity contribution in [1.82, 2.24) is 15.5 Å². The number of carbonyl (C=O) groups is 2. The average molecular weight is 366 g/mol. The SMILES string of the molecule is O=C(CCC(=O)Nc1nnc(C2CCCCC2)s1)NC[C@@H]1CCCO1. The molecule has 0 aromatic carbocycles. The van der Waals surface area contributed by atoms with Gasteiger partial charge in [0.05, 0.1) is 6.10 Å². The zero-order valence-corrected chi connectivity index (χ0v) is 15.3. The first-order chi connectivity index (χ1) is 12.2. The molecule has 2 fully saturated rings. The lowest BCUT2D eigenvalue weighted by Gasteiger charge is -2.18. The molecule has 1 aromatic heterocycles. The van der Waals surface area contributed by atoms with Crippen LogP contribution in [0.1, 0.15) is 68.7 Å². The smallest absolute Gasteiger partial charge is 0.226 e. The highest BCUT2D eigenvalue weighted by atomic mass is 32.1. The number of hydrogen-bond acceptors (Lipinski definition) is 6. The summed E-state index contributed by atoms with van der Waals surface area (Å²) in [6.45, 7) is 1.30. The Morgan fingerprint density at radius 1 is 1.04 bits per heavy atom. The zero-order valence-electron chi connectivity index (χ0n) is 14.5. The van der Waals surface area contributed by atoms with Crippen molar-refractivity contribution >= 4 is 28.3 Å². The molecule has 2 heterocycles. The van der Waals surface area contributed by atoms with E-state index in [1.165, 1.54) is 30.6 Å². The average Bonchev–Trinajstić information content (AvgIpc) is 3.31. The molecule has 2 aliphatic rings. The van der Waals surface area contributed by atoms with Gasteiger partial charge in [-0.25, -0.2) is 0 Å². The minimum Gasteiger partial charge on any atom is -0.376 e. The fourth-order valence-electron chi connectivity index (χ4n) is 3.33. The van der Waals surface area contributed by atoms with Gasteiger partial charge in [-0.15, -0.1) is 10.2 Å². The van der Waals surface area contributed by atoms with Gasteiger partial charge in [0.1, 0.15) is 5.01 Å². The first kappa shape index (κ1) is 18.3. The number of amides is 2. The number of nitrogens with one attached hydrogen (secondary N) is 2. The largest absolute Gasteiger partial charge is 0.376 e. The van der Waals surface area contributed by atoms with Gasteiger partial charge >= 0.3 is 0 Å². The van der Waals surface area contributed by atoms with Crippen LogP contribution < -0.4 is 10.6 Å². The van der Waals surface area contributed by atoms with E-state index in [2.05, 4.69) is 20.8 Å². The number of anilines is 1. The third kappa shape index (κ3) is 5.74. The van der Waals surface area contributed by atoms with Crippen LogP contribution in [0.2, 0.25) is 0 Å². The van der Waals surface area contributed by atoms with Crippen LogP contribution in [0, 0.1) is 0 Å². The molecule has 1 aromatic rings. The molecule has 0 radical (unpaired) electrons. The van der Waals surface area contributed by atoms with Crippen LogP contribution in [0.5, 0.6) is 0 Å². The van der Waals surface area contributed by atoms with Crippen molar-refractivity contribution < 1.29 is 14.3 Å². The highest BCUT2D eigenvalue weighted by molar-refractivity contribution is 7.15. The molecule has 1 aliphatic heterocycles. The normalized spacial score (nSPS) is 21.2. The summed E-state index contributed by atoms with van der Waals surface area (Å²) in [6, 6.07) is 0. The summed E-state index contributed by atoms with van der Waals surface area (Å²) in [5.41, 5.74) is 0. The Kier molecular flexibility index (Phi) is 6.75. The lowest BCUT2D eigenvalue weighted by atomic mass is 9.90. The van der Waals surface area contributed by atoms with E-state index in [-0.39, 0.29) is 30.8 Å². The maximum Gasteiger partial charge on any atom is 0.226 e.